The minimum atomic E-state index is 0.217. The molecule has 3 saturated heterocycles. The second-order valence-electron chi connectivity index (χ2n) is 7.13. The van der Waals surface area contributed by atoms with Gasteiger partial charge in [-0.2, -0.15) is 0 Å². The first-order chi connectivity index (χ1) is 12.3. The monoisotopic (exact) mass is 340 g/mol. The minimum absolute atomic E-state index is 0.217. The number of aryl methyl sites for hydroxylation is 1. The lowest BCUT2D eigenvalue weighted by atomic mass is 9.94. The van der Waals surface area contributed by atoms with Crippen LogP contribution in [-0.4, -0.2) is 61.6 Å². The van der Waals surface area contributed by atoms with Crippen LogP contribution in [0.15, 0.2) is 36.7 Å². The van der Waals surface area contributed by atoms with Gasteiger partial charge in [0.15, 0.2) is 0 Å². The van der Waals surface area contributed by atoms with E-state index in [2.05, 4.69) is 55.7 Å². The van der Waals surface area contributed by atoms with Crippen LogP contribution in [0, 0.1) is 5.92 Å². The van der Waals surface area contributed by atoms with Crippen molar-refractivity contribution in [2.75, 3.05) is 19.6 Å². The van der Waals surface area contributed by atoms with Crippen molar-refractivity contribution in [2.45, 2.75) is 38.4 Å². The first-order valence-corrected chi connectivity index (χ1v) is 9.04. The van der Waals surface area contributed by atoms with Crippen LogP contribution >= 0.6 is 0 Å². The van der Waals surface area contributed by atoms with Gasteiger partial charge in [-0.1, -0.05) is 30.3 Å². The summed E-state index contributed by atoms with van der Waals surface area (Å²) in [7, 11) is 0. The van der Waals surface area contributed by atoms with Crippen LogP contribution in [-0.2, 0) is 17.9 Å². The van der Waals surface area contributed by atoms with Gasteiger partial charge >= 0.3 is 0 Å². The second kappa shape index (κ2) is 7.31. The lowest BCUT2D eigenvalue weighted by Gasteiger charge is -2.36. The van der Waals surface area contributed by atoms with E-state index in [1.165, 1.54) is 18.4 Å². The molecule has 0 aliphatic carbocycles. The zero-order chi connectivity index (χ0) is 17.1. The number of hydrogen-bond acceptors (Lipinski definition) is 5. The molecule has 4 heterocycles. The quantitative estimate of drug-likeness (QED) is 0.818. The number of benzene rings is 1. The Balaban J connectivity index is 1.38. The molecule has 3 aliphatic heterocycles. The molecule has 132 valence electrons. The molecule has 7 heteroatoms. The Kier molecular flexibility index (Phi) is 4.74. The predicted molar refractivity (Wildman–Crippen MR) is 92.4 cm³/mol. The molecule has 3 fully saturated rings. The molecular formula is C18H24N6O. The summed E-state index contributed by atoms with van der Waals surface area (Å²) >= 11 is 0. The van der Waals surface area contributed by atoms with E-state index in [1.54, 1.807) is 11.0 Å². The molecule has 2 bridgehead atoms. The van der Waals surface area contributed by atoms with E-state index in [4.69, 9.17) is 0 Å². The number of nitrogens with zero attached hydrogens (tertiary/aromatic N) is 6. The number of tetrazole rings is 1. The second-order valence-corrected chi connectivity index (χ2v) is 7.13. The first kappa shape index (κ1) is 16.2. The largest absolute Gasteiger partial charge is 0.341 e. The number of piperidine rings is 1. The predicted octanol–water partition coefficient (Wildman–Crippen LogP) is 1.19. The van der Waals surface area contributed by atoms with Gasteiger partial charge in [0.25, 0.3) is 0 Å². The fourth-order valence-electron chi connectivity index (χ4n) is 4.05. The van der Waals surface area contributed by atoms with Crippen molar-refractivity contribution in [3.63, 3.8) is 0 Å². The Morgan fingerprint density at radius 3 is 2.80 bits per heavy atom. The SMILES string of the molecule is O=C(CCn1cnnn1)N1C[C@H]2CC[C@@H](C1)N(Cc1ccccc1)C2. The van der Waals surface area contributed by atoms with Crippen molar-refractivity contribution < 1.29 is 4.79 Å². The molecule has 0 saturated carbocycles. The number of aromatic nitrogens is 4. The van der Waals surface area contributed by atoms with Gasteiger partial charge in [-0.15, -0.1) is 5.10 Å². The average Bonchev–Trinajstić information content (AvgIpc) is 3.00. The fourth-order valence-corrected chi connectivity index (χ4v) is 4.05. The van der Waals surface area contributed by atoms with Gasteiger partial charge in [0.2, 0.25) is 5.91 Å². The molecule has 1 aromatic heterocycles. The highest BCUT2D eigenvalue weighted by molar-refractivity contribution is 5.76. The van der Waals surface area contributed by atoms with E-state index in [0.29, 0.717) is 24.9 Å². The summed E-state index contributed by atoms with van der Waals surface area (Å²) in [4.78, 5) is 17.3. The number of fused-ring (bicyclic) bond motifs is 4. The van der Waals surface area contributed by atoms with Crippen molar-refractivity contribution >= 4 is 5.91 Å². The van der Waals surface area contributed by atoms with Crippen LogP contribution in [0.4, 0.5) is 0 Å². The van der Waals surface area contributed by atoms with Gasteiger partial charge in [0.05, 0.1) is 6.54 Å². The van der Waals surface area contributed by atoms with Crippen LogP contribution in [0.2, 0.25) is 0 Å². The number of carbonyl (C=O) groups is 1. The highest BCUT2D eigenvalue weighted by Gasteiger charge is 2.36. The maximum atomic E-state index is 12.7. The van der Waals surface area contributed by atoms with Crippen LogP contribution in [0.5, 0.6) is 0 Å². The normalized spacial score (nSPS) is 23.6. The van der Waals surface area contributed by atoms with E-state index in [0.717, 1.165) is 26.2 Å². The molecule has 0 radical (unpaired) electrons. The Hall–Kier alpha value is -2.28. The maximum Gasteiger partial charge on any atom is 0.224 e. The molecule has 2 aromatic rings. The van der Waals surface area contributed by atoms with Gasteiger partial charge in [0.1, 0.15) is 6.33 Å². The summed E-state index contributed by atoms with van der Waals surface area (Å²) in [6.07, 6.45) is 4.44. The summed E-state index contributed by atoms with van der Waals surface area (Å²) in [5.74, 6) is 0.799. The Morgan fingerprint density at radius 1 is 1.12 bits per heavy atom. The number of amides is 1. The summed E-state index contributed by atoms with van der Waals surface area (Å²) in [6.45, 7) is 4.35. The zero-order valence-electron chi connectivity index (χ0n) is 14.4. The van der Waals surface area contributed by atoms with Gasteiger partial charge in [-0.25, -0.2) is 4.68 Å². The van der Waals surface area contributed by atoms with Gasteiger partial charge in [0, 0.05) is 38.6 Å². The molecule has 25 heavy (non-hydrogen) atoms. The lowest BCUT2D eigenvalue weighted by molar-refractivity contribution is -0.131. The number of carbonyl (C=O) groups excluding carboxylic acids is 1. The molecule has 2 atom stereocenters. The third-order valence-electron chi connectivity index (χ3n) is 5.35. The molecule has 0 unspecified atom stereocenters. The Labute approximate surface area is 147 Å². The standard InChI is InChI=1S/C18H24N6O/c25-18(8-9-24-14-19-20-21-24)23-12-16-6-7-17(13-23)22(11-16)10-15-4-2-1-3-5-15/h1-5,14,16-17H,6-13H2/t16-,17-/m0/s1. The highest BCUT2D eigenvalue weighted by atomic mass is 16.2. The minimum Gasteiger partial charge on any atom is -0.341 e. The maximum absolute atomic E-state index is 12.7. The molecular weight excluding hydrogens is 316 g/mol. The van der Waals surface area contributed by atoms with Crippen molar-refractivity contribution in [3.8, 4) is 0 Å². The average molecular weight is 340 g/mol. The van der Waals surface area contributed by atoms with E-state index in [-0.39, 0.29) is 5.91 Å². The third kappa shape index (κ3) is 3.87. The van der Waals surface area contributed by atoms with Crippen molar-refractivity contribution in [3.05, 3.63) is 42.2 Å². The Bertz CT molecular complexity index is 689. The summed E-state index contributed by atoms with van der Waals surface area (Å²) in [6, 6.07) is 11.1. The van der Waals surface area contributed by atoms with Crippen LogP contribution in [0.25, 0.3) is 0 Å². The lowest BCUT2D eigenvalue weighted by Crippen LogP contribution is -2.44. The van der Waals surface area contributed by atoms with Gasteiger partial charge < -0.3 is 4.90 Å². The first-order valence-electron chi connectivity index (χ1n) is 9.04. The van der Waals surface area contributed by atoms with E-state index < -0.39 is 0 Å². The van der Waals surface area contributed by atoms with Gasteiger partial charge in [-0.05, 0) is 34.7 Å². The molecule has 3 aliphatic rings. The summed E-state index contributed by atoms with van der Waals surface area (Å²) in [5.41, 5.74) is 1.35. The zero-order valence-corrected chi connectivity index (χ0v) is 14.4. The molecule has 1 aromatic carbocycles. The van der Waals surface area contributed by atoms with E-state index >= 15 is 0 Å². The summed E-state index contributed by atoms with van der Waals surface area (Å²) in [5, 5.41) is 11.1. The molecule has 0 spiro atoms. The number of rotatable bonds is 5. The van der Waals surface area contributed by atoms with E-state index in [9.17, 15) is 4.79 Å². The molecule has 1 amide bonds. The van der Waals surface area contributed by atoms with Crippen LogP contribution in [0.1, 0.15) is 24.8 Å². The van der Waals surface area contributed by atoms with Gasteiger partial charge in [-0.3, -0.25) is 9.69 Å². The fraction of sp³-hybridized carbons (Fsp3) is 0.556. The van der Waals surface area contributed by atoms with Crippen molar-refractivity contribution in [1.29, 1.82) is 0 Å². The number of hydrogen-bond donors (Lipinski definition) is 0. The third-order valence-corrected chi connectivity index (χ3v) is 5.35. The molecule has 7 nitrogen and oxygen atoms in total. The summed E-state index contributed by atoms with van der Waals surface area (Å²) < 4.78 is 1.62. The smallest absolute Gasteiger partial charge is 0.224 e. The van der Waals surface area contributed by atoms with Crippen molar-refractivity contribution in [2.24, 2.45) is 5.92 Å². The highest BCUT2D eigenvalue weighted by Crippen LogP contribution is 2.29. The van der Waals surface area contributed by atoms with Crippen molar-refractivity contribution in [1.82, 2.24) is 30.0 Å². The van der Waals surface area contributed by atoms with Crippen LogP contribution < -0.4 is 0 Å². The molecule has 5 rings (SSSR count). The van der Waals surface area contributed by atoms with Crippen LogP contribution in [0.3, 0.4) is 0 Å². The Morgan fingerprint density at radius 2 is 2.00 bits per heavy atom. The van der Waals surface area contributed by atoms with E-state index in [1.807, 2.05) is 0 Å². The molecule has 0 N–H and O–H groups in total. The topological polar surface area (TPSA) is 67.2 Å².